The van der Waals surface area contributed by atoms with E-state index < -0.39 is 0 Å². The van der Waals surface area contributed by atoms with E-state index in [0.717, 1.165) is 0 Å². The lowest BCUT2D eigenvalue weighted by Gasteiger charge is -2.17. The summed E-state index contributed by atoms with van der Waals surface area (Å²) in [6.45, 7) is 2.14. The van der Waals surface area contributed by atoms with Gasteiger partial charge in [-0.3, -0.25) is 0 Å². The van der Waals surface area contributed by atoms with E-state index >= 15 is 0 Å². The van der Waals surface area contributed by atoms with E-state index in [1.807, 2.05) is 0 Å². The molecule has 152 valence electrons. The van der Waals surface area contributed by atoms with Crippen LogP contribution in [-0.2, 0) is 0 Å². The van der Waals surface area contributed by atoms with Crippen molar-refractivity contribution in [2.75, 3.05) is 0 Å². The summed E-state index contributed by atoms with van der Waals surface area (Å²) >= 11 is 0. The number of fused-ring (bicyclic) bond motifs is 2. The van der Waals surface area contributed by atoms with Crippen LogP contribution in [0.1, 0.15) is 5.56 Å². The Morgan fingerprint density at radius 2 is 0.906 bits per heavy atom. The van der Waals surface area contributed by atoms with E-state index in [1.165, 1.54) is 55.3 Å². The van der Waals surface area contributed by atoms with Crippen LogP contribution >= 0.6 is 0 Å². The molecule has 6 aromatic rings. The van der Waals surface area contributed by atoms with Gasteiger partial charge >= 0.3 is 0 Å². The fourth-order valence-electron chi connectivity index (χ4n) is 4.73. The van der Waals surface area contributed by atoms with E-state index in [2.05, 4.69) is 133 Å². The van der Waals surface area contributed by atoms with E-state index in [1.54, 1.807) is 0 Å². The molecule has 0 amide bonds. The maximum atomic E-state index is 2.41. The molecule has 1 nitrogen and oxygen atoms in total. The van der Waals surface area contributed by atoms with Crippen molar-refractivity contribution in [1.29, 1.82) is 0 Å². The van der Waals surface area contributed by atoms with E-state index in [4.69, 9.17) is 0 Å². The number of aryl methyl sites for hydroxylation is 1. The first-order valence-electron chi connectivity index (χ1n) is 11.0. The predicted octanol–water partition coefficient (Wildman–Crippen LogP) is 8.43. The summed E-state index contributed by atoms with van der Waals surface area (Å²) in [5, 5.41) is 5.05. The minimum atomic E-state index is 1.17. The molecule has 1 heteroatoms. The van der Waals surface area contributed by atoms with Crippen molar-refractivity contribution in [2.45, 2.75) is 6.92 Å². The monoisotopic (exact) mass is 409 g/mol. The van der Waals surface area contributed by atoms with Gasteiger partial charge in [-0.05, 0) is 52.7 Å². The Bertz CT molecular complexity index is 1460. The molecule has 1 aromatic heterocycles. The Balaban J connectivity index is 1.69. The Labute approximate surface area is 188 Å². The van der Waals surface area contributed by atoms with Gasteiger partial charge in [0.25, 0.3) is 0 Å². The molecule has 32 heavy (non-hydrogen) atoms. The van der Waals surface area contributed by atoms with Crippen molar-refractivity contribution >= 4 is 21.5 Å². The van der Waals surface area contributed by atoms with Gasteiger partial charge in [-0.15, -0.1) is 0 Å². The van der Waals surface area contributed by atoms with Gasteiger partial charge in [0.1, 0.15) is 0 Å². The highest BCUT2D eigenvalue weighted by molar-refractivity contribution is 5.99. The van der Waals surface area contributed by atoms with Gasteiger partial charge in [-0.1, -0.05) is 103 Å². The topological polar surface area (TPSA) is 4.93 Å². The molecular weight excluding hydrogens is 386 g/mol. The third-order valence-corrected chi connectivity index (χ3v) is 6.30. The standard InChI is InChI=1S/C31H23N/c1-22-16-18-25(19-17-22)32-30(28-14-6-10-23-8-2-4-12-26(23)28)20-21-31(32)29-15-7-11-24-9-3-5-13-27(24)29/h2-21H,1H3. The second-order valence-corrected chi connectivity index (χ2v) is 8.33. The van der Waals surface area contributed by atoms with Crippen LogP contribution in [0.3, 0.4) is 0 Å². The average Bonchev–Trinajstić information content (AvgIpc) is 3.28. The predicted molar refractivity (Wildman–Crippen MR) is 136 cm³/mol. The molecule has 6 rings (SSSR count). The Hall–Kier alpha value is -4.10. The van der Waals surface area contributed by atoms with Crippen molar-refractivity contribution in [3.63, 3.8) is 0 Å². The number of hydrogen-bond donors (Lipinski definition) is 0. The first-order chi connectivity index (χ1) is 15.8. The zero-order valence-electron chi connectivity index (χ0n) is 18.0. The van der Waals surface area contributed by atoms with Gasteiger partial charge < -0.3 is 4.57 Å². The number of rotatable bonds is 3. The van der Waals surface area contributed by atoms with Crippen LogP contribution in [0.25, 0.3) is 49.7 Å². The molecule has 5 aromatic carbocycles. The highest BCUT2D eigenvalue weighted by Crippen LogP contribution is 2.38. The van der Waals surface area contributed by atoms with Crippen LogP contribution in [0.15, 0.2) is 121 Å². The molecule has 0 aliphatic rings. The molecule has 0 spiro atoms. The molecule has 0 aliphatic carbocycles. The molecule has 0 radical (unpaired) electrons. The summed E-state index contributed by atoms with van der Waals surface area (Å²) in [4.78, 5) is 0. The number of aromatic nitrogens is 1. The second-order valence-electron chi connectivity index (χ2n) is 8.33. The van der Waals surface area contributed by atoms with Gasteiger partial charge in [0.05, 0.1) is 11.4 Å². The molecule has 0 N–H and O–H groups in total. The maximum absolute atomic E-state index is 2.41. The van der Waals surface area contributed by atoms with Crippen LogP contribution in [0.2, 0.25) is 0 Å². The minimum Gasteiger partial charge on any atom is -0.309 e. The minimum absolute atomic E-state index is 1.17. The fraction of sp³-hybridized carbons (Fsp3) is 0.0323. The molecule has 0 bridgehead atoms. The first-order valence-corrected chi connectivity index (χ1v) is 11.0. The van der Waals surface area contributed by atoms with E-state index in [9.17, 15) is 0 Å². The summed E-state index contributed by atoms with van der Waals surface area (Å²) in [5.41, 5.74) is 7.33. The van der Waals surface area contributed by atoms with Crippen molar-refractivity contribution in [2.24, 2.45) is 0 Å². The lowest BCUT2D eigenvalue weighted by Crippen LogP contribution is -2.00. The Morgan fingerprint density at radius 3 is 1.44 bits per heavy atom. The highest BCUT2D eigenvalue weighted by atomic mass is 15.0. The van der Waals surface area contributed by atoms with Crippen LogP contribution < -0.4 is 0 Å². The summed E-state index contributed by atoms with van der Waals surface area (Å²) in [5.74, 6) is 0. The summed E-state index contributed by atoms with van der Waals surface area (Å²) in [6.07, 6.45) is 0. The van der Waals surface area contributed by atoms with Gasteiger partial charge in [0.15, 0.2) is 0 Å². The summed E-state index contributed by atoms with van der Waals surface area (Å²) in [7, 11) is 0. The van der Waals surface area contributed by atoms with Crippen molar-refractivity contribution in [3.8, 4) is 28.2 Å². The molecule has 0 unspecified atom stereocenters. The number of benzene rings is 5. The number of hydrogen-bond acceptors (Lipinski definition) is 0. The van der Waals surface area contributed by atoms with Gasteiger partial charge in [0.2, 0.25) is 0 Å². The zero-order valence-corrected chi connectivity index (χ0v) is 18.0. The third kappa shape index (κ3) is 3.02. The second kappa shape index (κ2) is 7.55. The largest absolute Gasteiger partial charge is 0.309 e. The van der Waals surface area contributed by atoms with Crippen molar-refractivity contribution in [1.82, 2.24) is 4.57 Å². The van der Waals surface area contributed by atoms with Crippen LogP contribution in [0.4, 0.5) is 0 Å². The Kier molecular flexibility index (Phi) is 4.40. The van der Waals surface area contributed by atoms with E-state index in [0.29, 0.717) is 0 Å². The number of nitrogens with zero attached hydrogens (tertiary/aromatic N) is 1. The van der Waals surface area contributed by atoms with Crippen LogP contribution in [0, 0.1) is 6.92 Å². The fourth-order valence-corrected chi connectivity index (χ4v) is 4.73. The first kappa shape index (κ1) is 18.7. The lowest BCUT2D eigenvalue weighted by atomic mass is 10.0. The van der Waals surface area contributed by atoms with Crippen LogP contribution in [-0.4, -0.2) is 4.57 Å². The highest BCUT2D eigenvalue weighted by Gasteiger charge is 2.16. The van der Waals surface area contributed by atoms with E-state index in [-0.39, 0.29) is 0 Å². The van der Waals surface area contributed by atoms with Crippen LogP contribution in [0.5, 0.6) is 0 Å². The molecule has 0 atom stereocenters. The molecule has 0 saturated carbocycles. The summed E-state index contributed by atoms with van der Waals surface area (Å²) < 4.78 is 2.41. The quantitative estimate of drug-likeness (QED) is 0.276. The SMILES string of the molecule is Cc1ccc(-n2c(-c3cccc4ccccc34)ccc2-c2cccc3ccccc23)cc1. The maximum Gasteiger partial charge on any atom is 0.0541 e. The van der Waals surface area contributed by atoms with Gasteiger partial charge in [-0.25, -0.2) is 0 Å². The average molecular weight is 410 g/mol. The molecular formula is C31H23N. The lowest BCUT2D eigenvalue weighted by molar-refractivity contribution is 1.10. The molecule has 0 saturated heterocycles. The molecule has 0 fully saturated rings. The Morgan fingerprint density at radius 1 is 0.438 bits per heavy atom. The van der Waals surface area contributed by atoms with Crippen molar-refractivity contribution < 1.29 is 0 Å². The zero-order chi connectivity index (χ0) is 21.5. The normalized spacial score (nSPS) is 11.3. The molecule has 0 aliphatic heterocycles. The molecule has 1 heterocycles. The third-order valence-electron chi connectivity index (χ3n) is 6.30. The van der Waals surface area contributed by atoms with Gasteiger partial charge in [-0.2, -0.15) is 0 Å². The summed E-state index contributed by atoms with van der Waals surface area (Å²) in [6, 6.07) is 43.7. The smallest absolute Gasteiger partial charge is 0.0541 e. The van der Waals surface area contributed by atoms with Crippen molar-refractivity contribution in [3.05, 3.63) is 127 Å². The van der Waals surface area contributed by atoms with Gasteiger partial charge in [0, 0.05) is 16.8 Å².